The normalized spacial score (nSPS) is 11.3. The Balaban J connectivity index is 2.33. The number of anilines is 1. The Kier molecular flexibility index (Phi) is 4.68. The van der Waals surface area contributed by atoms with E-state index in [0.29, 0.717) is 16.7 Å². The predicted molar refractivity (Wildman–Crippen MR) is 86.4 cm³/mol. The van der Waals surface area contributed by atoms with Crippen LogP contribution in [0.5, 0.6) is 11.6 Å². The number of halogens is 1. The predicted octanol–water partition coefficient (Wildman–Crippen LogP) is 4.65. The van der Waals surface area contributed by atoms with E-state index < -0.39 is 0 Å². The van der Waals surface area contributed by atoms with Gasteiger partial charge in [-0.1, -0.05) is 32.4 Å². The lowest BCUT2D eigenvalue weighted by Gasteiger charge is -2.18. The third kappa shape index (κ3) is 4.33. The van der Waals surface area contributed by atoms with Gasteiger partial charge in [-0.25, -0.2) is 4.98 Å². The first-order valence-corrected chi connectivity index (χ1v) is 7.33. The minimum absolute atomic E-state index is 0.149. The van der Waals surface area contributed by atoms with Crippen molar-refractivity contribution in [2.24, 2.45) is 0 Å². The highest BCUT2D eigenvalue weighted by Crippen LogP contribution is 2.27. The van der Waals surface area contributed by atoms with Gasteiger partial charge in [0.2, 0.25) is 5.88 Å². The summed E-state index contributed by atoms with van der Waals surface area (Å²) in [6.07, 6.45) is 0. The highest BCUT2D eigenvalue weighted by molar-refractivity contribution is 6.30. The van der Waals surface area contributed by atoms with Crippen LogP contribution in [0.4, 0.5) is 5.82 Å². The molecule has 0 amide bonds. The van der Waals surface area contributed by atoms with Crippen LogP contribution in [0.25, 0.3) is 0 Å². The highest BCUT2D eigenvalue weighted by Gasteiger charge is 2.19. The van der Waals surface area contributed by atoms with Crippen LogP contribution in [0.2, 0.25) is 5.02 Å². The molecule has 1 aromatic carbocycles. The number of aromatic nitrogens is 2. The van der Waals surface area contributed by atoms with Crippen LogP contribution in [-0.2, 0) is 5.41 Å². The molecule has 2 aromatic rings. The van der Waals surface area contributed by atoms with Gasteiger partial charge < -0.3 is 10.1 Å². The Morgan fingerprint density at radius 1 is 1.14 bits per heavy atom. The topological polar surface area (TPSA) is 47.0 Å². The van der Waals surface area contributed by atoms with Crippen LogP contribution in [-0.4, -0.2) is 16.5 Å². The third-order valence-corrected chi connectivity index (χ3v) is 3.02. The Labute approximate surface area is 130 Å². The maximum Gasteiger partial charge on any atom is 0.224 e. The maximum absolute atomic E-state index is 5.88. The molecule has 112 valence electrons. The van der Waals surface area contributed by atoms with E-state index in [1.165, 1.54) is 0 Å². The summed E-state index contributed by atoms with van der Waals surface area (Å²) in [5, 5.41) is 3.88. The van der Waals surface area contributed by atoms with E-state index >= 15 is 0 Å². The van der Waals surface area contributed by atoms with Crippen molar-refractivity contribution in [3.63, 3.8) is 0 Å². The van der Waals surface area contributed by atoms with E-state index in [2.05, 4.69) is 36.1 Å². The van der Waals surface area contributed by atoms with Crippen molar-refractivity contribution in [3.05, 3.63) is 41.2 Å². The molecule has 21 heavy (non-hydrogen) atoms. The van der Waals surface area contributed by atoms with E-state index in [1.54, 1.807) is 18.2 Å². The number of benzene rings is 1. The summed E-state index contributed by atoms with van der Waals surface area (Å²) in [7, 11) is 0. The van der Waals surface area contributed by atoms with Gasteiger partial charge in [-0.2, -0.15) is 4.98 Å². The van der Waals surface area contributed by atoms with Crippen molar-refractivity contribution >= 4 is 17.4 Å². The van der Waals surface area contributed by atoms with Gasteiger partial charge in [0.1, 0.15) is 17.4 Å². The van der Waals surface area contributed by atoms with Crippen LogP contribution < -0.4 is 10.1 Å². The molecule has 0 radical (unpaired) electrons. The second-order valence-corrected chi connectivity index (χ2v) is 6.19. The number of hydrogen-bond acceptors (Lipinski definition) is 4. The van der Waals surface area contributed by atoms with Crippen molar-refractivity contribution in [1.29, 1.82) is 0 Å². The number of rotatable bonds is 4. The van der Waals surface area contributed by atoms with Crippen LogP contribution in [0.1, 0.15) is 33.5 Å². The molecule has 2 rings (SSSR count). The van der Waals surface area contributed by atoms with E-state index in [0.717, 1.165) is 18.2 Å². The van der Waals surface area contributed by atoms with Crippen LogP contribution in [0.15, 0.2) is 30.3 Å². The van der Waals surface area contributed by atoms with E-state index in [4.69, 9.17) is 16.3 Å². The average Bonchev–Trinajstić information content (AvgIpc) is 2.41. The van der Waals surface area contributed by atoms with Crippen LogP contribution in [0, 0.1) is 0 Å². The van der Waals surface area contributed by atoms with Crippen molar-refractivity contribution in [3.8, 4) is 11.6 Å². The van der Waals surface area contributed by atoms with Crippen molar-refractivity contribution in [2.45, 2.75) is 33.1 Å². The van der Waals surface area contributed by atoms with E-state index in [9.17, 15) is 0 Å². The zero-order valence-corrected chi connectivity index (χ0v) is 13.5. The standard InChI is InChI=1S/C16H20ClN3O/c1-5-18-13-10-14(20-15(19-13)16(2,3)4)21-12-8-6-11(17)7-9-12/h6-10H,5H2,1-4H3,(H,18,19,20). The SMILES string of the molecule is CCNc1cc(Oc2ccc(Cl)cc2)nc(C(C)(C)C)n1. The second kappa shape index (κ2) is 6.31. The summed E-state index contributed by atoms with van der Waals surface area (Å²) in [5.74, 6) is 2.72. The molecule has 0 spiro atoms. The van der Waals surface area contributed by atoms with Crippen molar-refractivity contribution in [2.75, 3.05) is 11.9 Å². The summed E-state index contributed by atoms with van der Waals surface area (Å²) in [4.78, 5) is 9.03. The van der Waals surface area contributed by atoms with Crippen molar-refractivity contribution in [1.82, 2.24) is 9.97 Å². The molecule has 0 atom stereocenters. The minimum atomic E-state index is -0.149. The second-order valence-electron chi connectivity index (χ2n) is 5.75. The summed E-state index contributed by atoms with van der Waals surface area (Å²) in [6.45, 7) is 9.04. The van der Waals surface area contributed by atoms with Gasteiger partial charge in [0.15, 0.2) is 0 Å². The summed E-state index contributed by atoms with van der Waals surface area (Å²) >= 11 is 5.88. The Hall–Kier alpha value is -1.81. The molecular weight excluding hydrogens is 286 g/mol. The van der Waals surface area contributed by atoms with Gasteiger partial charge in [-0.15, -0.1) is 0 Å². The zero-order chi connectivity index (χ0) is 15.5. The van der Waals surface area contributed by atoms with E-state index in [-0.39, 0.29) is 5.41 Å². The smallest absolute Gasteiger partial charge is 0.224 e. The fraction of sp³-hybridized carbons (Fsp3) is 0.375. The van der Waals surface area contributed by atoms with Gasteiger partial charge in [0.05, 0.1) is 0 Å². The first kappa shape index (κ1) is 15.6. The van der Waals surface area contributed by atoms with Gasteiger partial charge in [-0.05, 0) is 31.2 Å². The largest absolute Gasteiger partial charge is 0.439 e. The van der Waals surface area contributed by atoms with Gasteiger partial charge in [0, 0.05) is 23.0 Å². The van der Waals surface area contributed by atoms with E-state index in [1.807, 2.05) is 19.1 Å². The van der Waals surface area contributed by atoms with Crippen LogP contribution in [0.3, 0.4) is 0 Å². The number of nitrogens with zero attached hydrogens (tertiary/aromatic N) is 2. The monoisotopic (exact) mass is 305 g/mol. The fourth-order valence-electron chi connectivity index (χ4n) is 1.71. The highest BCUT2D eigenvalue weighted by atomic mass is 35.5. The van der Waals surface area contributed by atoms with Gasteiger partial charge in [-0.3, -0.25) is 0 Å². The minimum Gasteiger partial charge on any atom is -0.439 e. The Bertz CT molecular complexity index is 606. The lowest BCUT2D eigenvalue weighted by Crippen LogP contribution is -2.17. The molecule has 0 aliphatic rings. The number of nitrogens with one attached hydrogen (secondary N) is 1. The molecule has 0 saturated carbocycles. The molecule has 4 nitrogen and oxygen atoms in total. The third-order valence-electron chi connectivity index (χ3n) is 2.77. The van der Waals surface area contributed by atoms with Crippen LogP contribution >= 0.6 is 11.6 Å². The average molecular weight is 306 g/mol. The number of hydrogen-bond donors (Lipinski definition) is 1. The lowest BCUT2D eigenvalue weighted by molar-refractivity contribution is 0.446. The summed E-state index contributed by atoms with van der Waals surface area (Å²) in [6, 6.07) is 9.00. The molecule has 0 aliphatic carbocycles. The Morgan fingerprint density at radius 3 is 2.38 bits per heavy atom. The molecule has 0 saturated heterocycles. The zero-order valence-electron chi connectivity index (χ0n) is 12.8. The summed E-state index contributed by atoms with van der Waals surface area (Å²) in [5.41, 5.74) is -0.149. The molecule has 1 N–H and O–H groups in total. The quantitative estimate of drug-likeness (QED) is 0.893. The maximum atomic E-state index is 5.88. The lowest BCUT2D eigenvalue weighted by atomic mass is 9.96. The molecular formula is C16H20ClN3O. The molecule has 5 heteroatoms. The molecule has 1 heterocycles. The van der Waals surface area contributed by atoms with Crippen molar-refractivity contribution < 1.29 is 4.74 Å². The Morgan fingerprint density at radius 2 is 1.81 bits per heavy atom. The first-order valence-electron chi connectivity index (χ1n) is 6.95. The molecule has 0 bridgehead atoms. The van der Waals surface area contributed by atoms with Gasteiger partial charge in [0.25, 0.3) is 0 Å². The van der Waals surface area contributed by atoms with Gasteiger partial charge >= 0.3 is 0 Å². The fourth-order valence-corrected chi connectivity index (χ4v) is 1.83. The molecule has 0 aliphatic heterocycles. The summed E-state index contributed by atoms with van der Waals surface area (Å²) < 4.78 is 5.81. The molecule has 1 aromatic heterocycles. The number of ether oxygens (including phenoxy) is 1. The molecule has 0 fully saturated rings. The first-order chi connectivity index (χ1) is 9.88. The molecule has 0 unspecified atom stereocenters.